The molecule has 0 atom stereocenters. The molecule has 176 valence electrons. The van der Waals surface area contributed by atoms with E-state index in [-0.39, 0.29) is 10.1 Å². The van der Waals surface area contributed by atoms with E-state index in [9.17, 15) is 30.1 Å². The minimum absolute atomic E-state index is 0.108. The molecule has 0 amide bonds. The van der Waals surface area contributed by atoms with Gasteiger partial charge in [-0.1, -0.05) is 18.2 Å². The van der Waals surface area contributed by atoms with Crippen molar-refractivity contribution in [1.29, 1.82) is 0 Å². The third kappa shape index (κ3) is 4.65. The fourth-order valence-corrected chi connectivity index (χ4v) is 4.29. The molecule has 0 saturated heterocycles. The zero-order valence-electron chi connectivity index (χ0n) is 17.9. The van der Waals surface area contributed by atoms with Crippen LogP contribution in [-0.4, -0.2) is 42.8 Å². The number of carboxylic acid groups (broad SMARTS) is 1. The van der Waals surface area contributed by atoms with Crippen LogP contribution in [-0.2, 0) is 0 Å². The summed E-state index contributed by atoms with van der Waals surface area (Å²) in [5.74, 6) is -0.519. The number of aromatic carboxylic acids is 1. The van der Waals surface area contributed by atoms with E-state index in [0.717, 1.165) is 12.1 Å². The van der Waals surface area contributed by atoms with Gasteiger partial charge in [-0.15, -0.1) is 10.2 Å². The van der Waals surface area contributed by atoms with Crippen molar-refractivity contribution < 1.29 is 24.5 Å². The summed E-state index contributed by atoms with van der Waals surface area (Å²) in [4.78, 5) is 32.7. The maximum Gasteiger partial charge on any atom is 0.336 e. The Bertz CT molecular complexity index is 1400. The zero-order valence-corrected chi connectivity index (χ0v) is 18.7. The smallest absolute Gasteiger partial charge is 0.336 e. The largest absolute Gasteiger partial charge is 0.497 e. The third-order valence-corrected chi connectivity index (χ3v) is 5.95. The summed E-state index contributed by atoms with van der Waals surface area (Å²) in [6.07, 6.45) is 0. The van der Waals surface area contributed by atoms with Crippen molar-refractivity contribution in [2.75, 3.05) is 7.11 Å². The lowest BCUT2D eigenvalue weighted by atomic mass is 10.2. The van der Waals surface area contributed by atoms with Gasteiger partial charge in [-0.3, -0.25) is 24.8 Å². The van der Waals surface area contributed by atoms with Crippen molar-refractivity contribution in [3.63, 3.8) is 0 Å². The minimum atomic E-state index is -1.53. The fourth-order valence-electron chi connectivity index (χ4n) is 3.26. The first kappa shape index (κ1) is 23.4. The van der Waals surface area contributed by atoms with E-state index >= 15 is 0 Å². The van der Waals surface area contributed by atoms with Crippen molar-refractivity contribution in [3.8, 4) is 22.8 Å². The Labute approximate surface area is 201 Å². The molecule has 1 heterocycles. The van der Waals surface area contributed by atoms with E-state index in [4.69, 9.17) is 4.74 Å². The molecule has 0 aliphatic carbocycles. The molecule has 1 aromatic heterocycles. The summed E-state index contributed by atoms with van der Waals surface area (Å²) in [5, 5.41) is 41.2. The van der Waals surface area contributed by atoms with Crippen molar-refractivity contribution in [3.05, 3.63) is 92.5 Å². The lowest BCUT2D eigenvalue weighted by molar-refractivity contribution is -0.399. The van der Waals surface area contributed by atoms with E-state index < -0.39 is 32.8 Å². The minimum Gasteiger partial charge on any atom is -0.497 e. The van der Waals surface area contributed by atoms with Gasteiger partial charge in [0, 0.05) is 23.4 Å². The number of nitro groups is 2. The first-order valence-corrected chi connectivity index (χ1v) is 10.6. The lowest BCUT2D eigenvalue weighted by Crippen LogP contribution is -2.04. The standard InChI is InChI=1S/C22H15N5O7S/c1-34-16-9-7-13(8-10-16)20-23-24-22(25(20)15-5-3-2-4-6-15)35-19-17(26(30)31)11-14(21(28)29)12-18(19)27(32)33/h2-12H,1H3,(H,28,29). The predicted molar refractivity (Wildman–Crippen MR) is 124 cm³/mol. The van der Waals surface area contributed by atoms with Gasteiger partial charge in [0.15, 0.2) is 10.7 Å². The second kappa shape index (κ2) is 9.61. The Kier molecular flexibility index (Phi) is 6.42. The maximum atomic E-state index is 11.7. The first-order valence-electron chi connectivity index (χ1n) is 9.83. The number of carboxylic acids is 1. The number of benzene rings is 3. The topological polar surface area (TPSA) is 164 Å². The summed E-state index contributed by atoms with van der Waals surface area (Å²) in [7, 11) is 1.53. The van der Waals surface area contributed by atoms with Crippen molar-refractivity contribution >= 4 is 29.1 Å². The van der Waals surface area contributed by atoms with Crippen LogP contribution in [0.2, 0.25) is 0 Å². The molecule has 3 aromatic carbocycles. The number of carbonyl (C=O) groups is 1. The summed E-state index contributed by atoms with van der Waals surface area (Å²) < 4.78 is 6.79. The zero-order chi connectivity index (χ0) is 25.1. The molecule has 0 saturated carbocycles. The van der Waals surface area contributed by atoms with Crippen LogP contribution in [0.4, 0.5) is 11.4 Å². The molecular formula is C22H15N5O7S. The molecule has 0 spiro atoms. The average molecular weight is 493 g/mol. The van der Waals surface area contributed by atoms with Gasteiger partial charge in [0.25, 0.3) is 11.4 Å². The van der Waals surface area contributed by atoms with Gasteiger partial charge in [-0.05, 0) is 48.2 Å². The van der Waals surface area contributed by atoms with Crippen LogP contribution in [0.15, 0.2) is 76.8 Å². The highest BCUT2D eigenvalue weighted by molar-refractivity contribution is 7.99. The molecule has 0 unspecified atom stereocenters. The quantitative estimate of drug-likeness (QED) is 0.271. The summed E-state index contributed by atoms with van der Waals surface area (Å²) in [5.41, 5.74) is -0.765. The number of hydrogen-bond donors (Lipinski definition) is 1. The number of methoxy groups -OCH3 is 1. The van der Waals surface area contributed by atoms with Gasteiger partial charge in [-0.25, -0.2) is 4.79 Å². The van der Waals surface area contributed by atoms with Gasteiger partial charge >= 0.3 is 5.97 Å². The molecule has 1 N–H and O–H groups in total. The van der Waals surface area contributed by atoms with E-state index in [1.165, 1.54) is 7.11 Å². The number of hydrogen-bond acceptors (Lipinski definition) is 9. The Morgan fingerprint density at radius 3 is 2.09 bits per heavy atom. The number of nitro benzene ring substituents is 2. The fraction of sp³-hybridized carbons (Fsp3) is 0.0455. The summed E-state index contributed by atoms with van der Waals surface area (Å²) in [6.45, 7) is 0. The van der Waals surface area contributed by atoms with Crippen LogP contribution in [0.5, 0.6) is 5.75 Å². The second-order valence-electron chi connectivity index (χ2n) is 6.97. The van der Waals surface area contributed by atoms with E-state index in [1.807, 2.05) is 0 Å². The van der Waals surface area contributed by atoms with Crippen LogP contribution >= 0.6 is 11.8 Å². The van der Waals surface area contributed by atoms with Gasteiger partial charge in [-0.2, -0.15) is 0 Å². The van der Waals surface area contributed by atoms with E-state index in [2.05, 4.69) is 10.2 Å². The Hall–Kier alpha value is -4.78. The molecule has 0 aliphatic heterocycles. The van der Waals surface area contributed by atoms with Gasteiger partial charge in [0.2, 0.25) is 5.16 Å². The number of nitrogens with zero attached hydrogens (tertiary/aromatic N) is 5. The maximum absolute atomic E-state index is 11.7. The molecule has 12 nitrogen and oxygen atoms in total. The normalized spacial score (nSPS) is 10.7. The highest BCUT2D eigenvalue weighted by atomic mass is 32.2. The first-order chi connectivity index (χ1) is 16.8. The number of rotatable bonds is 8. The Morgan fingerprint density at radius 1 is 0.971 bits per heavy atom. The SMILES string of the molecule is COc1ccc(-c2nnc(Sc3c([N+](=O)[O-])cc(C(=O)O)cc3[N+](=O)[O-])n2-c2ccccc2)cc1. The van der Waals surface area contributed by atoms with Crippen LogP contribution in [0.3, 0.4) is 0 Å². The van der Waals surface area contributed by atoms with Crippen LogP contribution in [0.1, 0.15) is 10.4 Å². The molecule has 4 aromatic rings. The van der Waals surface area contributed by atoms with E-state index in [1.54, 1.807) is 59.2 Å². The molecule has 4 rings (SSSR count). The highest BCUT2D eigenvalue weighted by Crippen LogP contribution is 2.43. The molecule has 0 fully saturated rings. The highest BCUT2D eigenvalue weighted by Gasteiger charge is 2.31. The number of aromatic nitrogens is 3. The molecular weight excluding hydrogens is 478 g/mol. The molecule has 0 bridgehead atoms. The summed E-state index contributed by atoms with van der Waals surface area (Å²) in [6, 6.07) is 17.4. The monoisotopic (exact) mass is 493 g/mol. The molecule has 0 radical (unpaired) electrons. The van der Waals surface area contributed by atoms with Crippen LogP contribution in [0, 0.1) is 20.2 Å². The van der Waals surface area contributed by atoms with Crippen LogP contribution in [0.25, 0.3) is 17.1 Å². The Morgan fingerprint density at radius 2 is 1.57 bits per heavy atom. The second-order valence-corrected chi connectivity index (χ2v) is 7.95. The van der Waals surface area contributed by atoms with Gasteiger partial charge in [0.1, 0.15) is 5.75 Å². The van der Waals surface area contributed by atoms with Gasteiger partial charge < -0.3 is 9.84 Å². The Balaban J connectivity index is 1.92. The lowest BCUT2D eigenvalue weighted by Gasteiger charge is -2.11. The molecule has 0 aliphatic rings. The van der Waals surface area contributed by atoms with Gasteiger partial charge in [0.05, 0.1) is 22.5 Å². The average Bonchev–Trinajstić information content (AvgIpc) is 3.27. The number of ether oxygens (including phenoxy) is 1. The number of para-hydroxylation sites is 1. The predicted octanol–water partition coefficient (Wildman–Crippen LogP) is 4.61. The van der Waals surface area contributed by atoms with Crippen molar-refractivity contribution in [1.82, 2.24) is 14.8 Å². The molecule has 35 heavy (non-hydrogen) atoms. The van der Waals surface area contributed by atoms with Crippen LogP contribution < -0.4 is 4.74 Å². The molecule has 13 heteroatoms. The third-order valence-electron chi connectivity index (χ3n) is 4.88. The van der Waals surface area contributed by atoms with Crippen molar-refractivity contribution in [2.45, 2.75) is 10.1 Å². The van der Waals surface area contributed by atoms with Crippen molar-refractivity contribution in [2.24, 2.45) is 0 Å². The van der Waals surface area contributed by atoms with E-state index in [0.29, 0.717) is 34.6 Å². The summed E-state index contributed by atoms with van der Waals surface area (Å²) >= 11 is 0.651.